The Kier molecular flexibility index (Phi) is 5.36. The van der Waals surface area contributed by atoms with Gasteiger partial charge in [0.1, 0.15) is 5.15 Å². The Bertz CT molecular complexity index is 1280. The minimum Gasteiger partial charge on any atom is -0.250 e. The van der Waals surface area contributed by atoms with E-state index in [0.29, 0.717) is 26.3 Å². The van der Waals surface area contributed by atoms with Gasteiger partial charge >= 0.3 is 0 Å². The van der Waals surface area contributed by atoms with Crippen LogP contribution < -0.4 is 0 Å². The monoisotopic (exact) mass is 442 g/mol. The summed E-state index contributed by atoms with van der Waals surface area (Å²) in [5, 5.41) is 17.2. The molecule has 0 unspecified atom stereocenters. The van der Waals surface area contributed by atoms with E-state index in [9.17, 15) is 0 Å². The molecule has 0 saturated carbocycles. The van der Waals surface area contributed by atoms with Gasteiger partial charge in [0.25, 0.3) is 0 Å². The molecule has 2 aromatic carbocycles. The predicted molar refractivity (Wildman–Crippen MR) is 119 cm³/mol. The van der Waals surface area contributed by atoms with E-state index in [4.69, 9.17) is 35.4 Å². The highest BCUT2D eigenvalue weighted by atomic mass is 35.5. The molecule has 0 aliphatic heterocycles. The van der Waals surface area contributed by atoms with Crippen LogP contribution in [-0.2, 0) is 0 Å². The Morgan fingerprint density at radius 3 is 2.66 bits per heavy atom. The molecule has 0 bridgehead atoms. The van der Waals surface area contributed by atoms with Gasteiger partial charge in [-0.25, -0.2) is 9.78 Å². The molecule has 4 aromatic rings. The Morgan fingerprint density at radius 1 is 1.10 bits per heavy atom. The van der Waals surface area contributed by atoms with Gasteiger partial charge in [-0.2, -0.15) is 20.0 Å². The van der Waals surface area contributed by atoms with E-state index in [-0.39, 0.29) is 0 Å². The predicted octanol–water partition coefficient (Wildman–Crippen LogP) is 5.60. The summed E-state index contributed by atoms with van der Waals surface area (Å²) in [6.45, 7) is 3.88. The van der Waals surface area contributed by atoms with Crippen LogP contribution >= 0.6 is 35.4 Å². The van der Waals surface area contributed by atoms with E-state index < -0.39 is 0 Å². The maximum Gasteiger partial charge on any atom is 0.216 e. The number of hydrogen-bond acceptors (Lipinski definition) is 4. The molecule has 0 fully saturated rings. The molecule has 0 aliphatic carbocycles. The molecule has 0 saturated heterocycles. The average molecular weight is 443 g/mol. The minimum absolute atomic E-state index is 0.385. The van der Waals surface area contributed by atoms with Crippen molar-refractivity contribution in [2.45, 2.75) is 13.8 Å². The number of hydrogen-bond donors (Lipinski definition) is 1. The molecule has 6 nitrogen and oxygen atoms in total. The van der Waals surface area contributed by atoms with Crippen molar-refractivity contribution in [1.82, 2.24) is 24.7 Å². The van der Waals surface area contributed by atoms with Crippen molar-refractivity contribution in [3.8, 4) is 17.1 Å². The van der Waals surface area contributed by atoms with Crippen molar-refractivity contribution < 1.29 is 0 Å². The number of aromatic nitrogens is 5. The lowest BCUT2D eigenvalue weighted by Crippen LogP contribution is -1.97. The molecule has 4 rings (SSSR count). The molecule has 9 heteroatoms. The van der Waals surface area contributed by atoms with Gasteiger partial charge in [-0.15, -0.1) is 0 Å². The third-order valence-corrected chi connectivity index (χ3v) is 5.30. The maximum atomic E-state index is 6.59. The summed E-state index contributed by atoms with van der Waals surface area (Å²) >= 11 is 18.0. The van der Waals surface area contributed by atoms with Crippen LogP contribution in [0.5, 0.6) is 0 Å². The van der Waals surface area contributed by atoms with Crippen LogP contribution in [0.25, 0.3) is 17.1 Å². The molecule has 0 aliphatic rings. The summed E-state index contributed by atoms with van der Waals surface area (Å²) in [5.74, 6) is 0.625. The Balaban J connectivity index is 1.76. The van der Waals surface area contributed by atoms with E-state index in [0.717, 1.165) is 22.5 Å². The van der Waals surface area contributed by atoms with E-state index in [2.05, 4.69) is 20.4 Å². The van der Waals surface area contributed by atoms with Gasteiger partial charge in [-0.3, -0.25) is 0 Å². The topological polar surface area (TPSA) is 63.8 Å². The molecule has 0 amide bonds. The highest BCUT2D eigenvalue weighted by Crippen LogP contribution is 2.25. The van der Waals surface area contributed by atoms with Crippen molar-refractivity contribution in [2.75, 3.05) is 0 Å². The number of aryl methyl sites for hydroxylation is 2. The summed E-state index contributed by atoms with van der Waals surface area (Å²) in [6.07, 6.45) is 1.64. The second kappa shape index (κ2) is 7.94. The molecule has 2 aromatic heterocycles. The van der Waals surface area contributed by atoms with Crippen molar-refractivity contribution in [3.05, 3.63) is 80.3 Å². The van der Waals surface area contributed by atoms with Gasteiger partial charge in [0, 0.05) is 10.6 Å². The van der Waals surface area contributed by atoms with Gasteiger partial charge in [-0.1, -0.05) is 53.5 Å². The van der Waals surface area contributed by atoms with Gasteiger partial charge < -0.3 is 0 Å². The fourth-order valence-electron chi connectivity index (χ4n) is 2.95. The zero-order chi connectivity index (χ0) is 20.5. The Hall–Kier alpha value is -2.74. The highest BCUT2D eigenvalue weighted by molar-refractivity contribution is 7.71. The number of aromatic amines is 1. The van der Waals surface area contributed by atoms with Gasteiger partial charge in [-0.05, 0) is 49.8 Å². The summed E-state index contributed by atoms with van der Waals surface area (Å²) in [5.41, 5.74) is 4.19. The van der Waals surface area contributed by atoms with E-state index in [1.165, 1.54) is 0 Å². The minimum atomic E-state index is 0.385. The Labute approximate surface area is 182 Å². The number of benzene rings is 2. The second-order valence-corrected chi connectivity index (χ2v) is 7.59. The number of halogens is 2. The molecular weight excluding hydrogens is 427 g/mol. The smallest absolute Gasteiger partial charge is 0.216 e. The number of H-pyrrole nitrogens is 1. The fourth-order valence-corrected chi connectivity index (χ4v) is 3.63. The lowest BCUT2D eigenvalue weighted by atomic mass is 10.1. The molecule has 0 atom stereocenters. The summed E-state index contributed by atoms with van der Waals surface area (Å²) in [4.78, 5) is 0. The molecule has 0 radical (unpaired) electrons. The third kappa shape index (κ3) is 3.76. The first-order chi connectivity index (χ1) is 14.0. The van der Waals surface area contributed by atoms with Crippen LogP contribution in [0.15, 0.2) is 53.6 Å². The second-order valence-electron chi connectivity index (χ2n) is 6.41. The standard InChI is InChI=1S/C20H16Cl2N6S/c1-12-6-3-4-9-16(12)19-24-25-20(29)28(19)23-11-17-13(2)26-27(18(17)22)15-8-5-7-14(21)10-15/h3-11H,1-2H3,(H,25,29)/b23-11+. The molecule has 0 spiro atoms. The SMILES string of the molecule is Cc1ccccc1-c1n[nH]c(=S)n1/N=C/c1c(C)nn(-c2cccc(Cl)c2)c1Cl. The van der Waals surface area contributed by atoms with Crippen LogP contribution in [-0.4, -0.2) is 30.9 Å². The normalized spacial score (nSPS) is 11.4. The quantitative estimate of drug-likeness (QED) is 0.330. The van der Waals surface area contributed by atoms with Crippen molar-refractivity contribution >= 4 is 41.6 Å². The summed E-state index contributed by atoms with van der Waals surface area (Å²) in [6, 6.07) is 15.2. The van der Waals surface area contributed by atoms with Crippen molar-refractivity contribution in [2.24, 2.45) is 5.10 Å². The molecule has 146 valence electrons. The lowest BCUT2D eigenvalue weighted by molar-refractivity contribution is 0.863. The first kappa shape index (κ1) is 19.6. The summed E-state index contributed by atoms with van der Waals surface area (Å²) < 4.78 is 3.58. The summed E-state index contributed by atoms with van der Waals surface area (Å²) in [7, 11) is 0. The first-order valence-corrected chi connectivity index (χ1v) is 9.91. The van der Waals surface area contributed by atoms with Crippen molar-refractivity contribution in [1.29, 1.82) is 0 Å². The third-order valence-electron chi connectivity index (χ3n) is 4.44. The molecular formula is C20H16Cl2N6S. The largest absolute Gasteiger partial charge is 0.250 e. The number of rotatable bonds is 4. The molecule has 29 heavy (non-hydrogen) atoms. The fraction of sp³-hybridized carbons (Fsp3) is 0.100. The van der Waals surface area contributed by atoms with Crippen LogP contribution in [0.1, 0.15) is 16.8 Å². The maximum absolute atomic E-state index is 6.59. The first-order valence-electron chi connectivity index (χ1n) is 8.74. The highest BCUT2D eigenvalue weighted by Gasteiger charge is 2.15. The van der Waals surface area contributed by atoms with Gasteiger partial charge in [0.2, 0.25) is 4.77 Å². The van der Waals surface area contributed by atoms with Crippen LogP contribution in [0, 0.1) is 18.6 Å². The molecule has 1 N–H and O–H groups in total. The van der Waals surface area contributed by atoms with E-state index >= 15 is 0 Å². The van der Waals surface area contributed by atoms with Gasteiger partial charge in [0.05, 0.1) is 23.2 Å². The lowest BCUT2D eigenvalue weighted by Gasteiger charge is -2.04. The van der Waals surface area contributed by atoms with Crippen molar-refractivity contribution in [3.63, 3.8) is 0 Å². The number of nitrogens with zero attached hydrogens (tertiary/aromatic N) is 5. The van der Waals surface area contributed by atoms with E-state index in [1.807, 2.05) is 50.2 Å². The van der Waals surface area contributed by atoms with E-state index in [1.54, 1.807) is 27.7 Å². The van der Waals surface area contributed by atoms with Crippen LogP contribution in [0.3, 0.4) is 0 Å². The molecule has 2 heterocycles. The van der Waals surface area contributed by atoms with Gasteiger partial charge in [0.15, 0.2) is 5.82 Å². The number of nitrogens with one attached hydrogen (secondary N) is 1. The Morgan fingerprint density at radius 2 is 1.90 bits per heavy atom. The zero-order valence-electron chi connectivity index (χ0n) is 15.6. The van der Waals surface area contributed by atoms with Crippen LogP contribution in [0.2, 0.25) is 10.2 Å². The zero-order valence-corrected chi connectivity index (χ0v) is 17.9. The average Bonchev–Trinajstić information content (AvgIpc) is 3.20. The van der Waals surface area contributed by atoms with Crippen LogP contribution in [0.4, 0.5) is 0 Å².